The highest BCUT2D eigenvalue weighted by atomic mass is 32.2. The molecule has 0 fully saturated rings. The first-order chi connectivity index (χ1) is 10.9. The van der Waals surface area contributed by atoms with Crippen molar-refractivity contribution >= 4 is 21.7 Å². The number of carbonyl (C=O) groups excluding carboxylic acids is 1. The molecule has 0 aliphatic carbocycles. The van der Waals surface area contributed by atoms with Crippen LogP contribution >= 0.6 is 0 Å². The van der Waals surface area contributed by atoms with E-state index < -0.39 is 16.1 Å². The molecule has 3 N–H and O–H groups in total. The van der Waals surface area contributed by atoms with Gasteiger partial charge in [-0.3, -0.25) is 0 Å². The topological polar surface area (TPSA) is 87.3 Å². The Morgan fingerprint density at radius 1 is 1.09 bits per heavy atom. The van der Waals surface area contributed by atoms with E-state index in [9.17, 15) is 13.2 Å². The Hall–Kier alpha value is -2.38. The highest BCUT2D eigenvalue weighted by molar-refractivity contribution is 7.89. The maximum atomic E-state index is 11.9. The van der Waals surface area contributed by atoms with Crippen molar-refractivity contribution in [2.24, 2.45) is 0 Å². The predicted octanol–water partition coefficient (Wildman–Crippen LogP) is 2.22. The van der Waals surface area contributed by atoms with Gasteiger partial charge < -0.3 is 10.6 Å². The van der Waals surface area contributed by atoms with Crippen LogP contribution in [0.1, 0.15) is 11.1 Å². The predicted molar refractivity (Wildman–Crippen MR) is 89.7 cm³/mol. The maximum Gasteiger partial charge on any atom is 0.319 e. The Morgan fingerprint density at radius 3 is 2.43 bits per heavy atom. The van der Waals surface area contributed by atoms with Gasteiger partial charge in [-0.2, -0.15) is 0 Å². The number of carbonyl (C=O) groups is 1. The van der Waals surface area contributed by atoms with Gasteiger partial charge in [0.05, 0.1) is 4.90 Å². The number of hydrogen-bond acceptors (Lipinski definition) is 3. The summed E-state index contributed by atoms with van der Waals surface area (Å²) in [6.45, 7) is 2.09. The van der Waals surface area contributed by atoms with Gasteiger partial charge in [0.2, 0.25) is 10.0 Å². The van der Waals surface area contributed by atoms with Gasteiger partial charge in [0, 0.05) is 12.2 Å². The van der Waals surface area contributed by atoms with Crippen LogP contribution in [0.5, 0.6) is 0 Å². The van der Waals surface area contributed by atoms with Crippen molar-refractivity contribution in [3.63, 3.8) is 0 Å². The summed E-state index contributed by atoms with van der Waals surface area (Å²) in [5, 5.41) is 5.35. The van der Waals surface area contributed by atoms with E-state index in [-0.39, 0.29) is 4.90 Å². The van der Waals surface area contributed by atoms with Crippen LogP contribution in [0.3, 0.4) is 0 Å². The van der Waals surface area contributed by atoms with Crippen molar-refractivity contribution in [2.45, 2.75) is 18.4 Å². The maximum absolute atomic E-state index is 11.9. The Kier molecular flexibility index (Phi) is 5.36. The Labute approximate surface area is 136 Å². The second-order valence-electron chi connectivity index (χ2n) is 4.98. The number of nitrogens with one attached hydrogen (secondary N) is 3. The molecule has 2 aromatic rings. The first-order valence-corrected chi connectivity index (χ1v) is 8.53. The molecule has 0 radical (unpaired) electrons. The van der Waals surface area contributed by atoms with Crippen LogP contribution in [-0.2, 0) is 16.6 Å². The van der Waals surface area contributed by atoms with E-state index in [2.05, 4.69) is 15.4 Å². The molecule has 0 aliphatic heterocycles. The summed E-state index contributed by atoms with van der Waals surface area (Å²) in [5.74, 6) is 0. The number of amides is 2. The molecule has 0 aliphatic rings. The van der Waals surface area contributed by atoms with Gasteiger partial charge in [0.15, 0.2) is 0 Å². The zero-order valence-corrected chi connectivity index (χ0v) is 13.8. The van der Waals surface area contributed by atoms with Crippen molar-refractivity contribution in [1.29, 1.82) is 0 Å². The van der Waals surface area contributed by atoms with Gasteiger partial charge in [-0.1, -0.05) is 36.4 Å². The minimum Gasteiger partial charge on any atom is -0.334 e. The van der Waals surface area contributed by atoms with E-state index >= 15 is 0 Å². The second-order valence-corrected chi connectivity index (χ2v) is 6.84. The Morgan fingerprint density at radius 2 is 1.78 bits per heavy atom. The second kappa shape index (κ2) is 7.26. The highest BCUT2D eigenvalue weighted by Crippen LogP contribution is 2.19. The molecule has 6 nitrogen and oxygen atoms in total. The SMILES string of the molecule is CNS(=O)(=O)c1cc(NC(=O)NCc2ccccc2)ccc1C. The first-order valence-electron chi connectivity index (χ1n) is 7.05. The fourth-order valence-electron chi connectivity index (χ4n) is 2.03. The van der Waals surface area contributed by atoms with Crippen molar-refractivity contribution < 1.29 is 13.2 Å². The van der Waals surface area contributed by atoms with Crippen molar-refractivity contribution in [3.8, 4) is 0 Å². The molecule has 0 saturated heterocycles. The summed E-state index contributed by atoms with van der Waals surface area (Å²) < 4.78 is 26.1. The number of anilines is 1. The van der Waals surface area contributed by atoms with Crippen molar-refractivity contribution in [2.75, 3.05) is 12.4 Å². The van der Waals surface area contributed by atoms with Gasteiger partial charge in [-0.15, -0.1) is 0 Å². The minimum atomic E-state index is -3.56. The number of aryl methyl sites for hydroxylation is 1. The molecule has 0 atom stereocenters. The Bertz CT molecular complexity index is 789. The van der Waals surface area contributed by atoms with Crippen LogP contribution in [-0.4, -0.2) is 21.5 Å². The quantitative estimate of drug-likeness (QED) is 0.784. The van der Waals surface area contributed by atoms with E-state index in [0.717, 1.165) is 5.56 Å². The van der Waals surface area contributed by atoms with Crippen LogP contribution in [0, 0.1) is 6.92 Å². The summed E-state index contributed by atoms with van der Waals surface area (Å²) >= 11 is 0. The lowest BCUT2D eigenvalue weighted by Gasteiger charge is -2.11. The zero-order valence-electron chi connectivity index (χ0n) is 13.0. The zero-order chi connectivity index (χ0) is 16.9. The molecule has 0 heterocycles. The van der Waals surface area contributed by atoms with Gasteiger partial charge in [0.25, 0.3) is 0 Å². The lowest BCUT2D eigenvalue weighted by atomic mass is 10.2. The molecule has 122 valence electrons. The van der Waals surface area contributed by atoms with Gasteiger partial charge in [-0.05, 0) is 37.2 Å². The molecule has 2 amide bonds. The first kappa shape index (κ1) is 17.0. The number of urea groups is 1. The van der Waals surface area contributed by atoms with E-state index in [1.54, 1.807) is 19.1 Å². The minimum absolute atomic E-state index is 0.140. The molecule has 0 saturated carbocycles. The van der Waals surface area contributed by atoms with E-state index in [4.69, 9.17) is 0 Å². The summed E-state index contributed by atoms with van der Waals surface area (Å²) in [5.41, 5.74) is 1.99. The van der Waals surface area contributed by atoms with E-state index in [1.165, 1.54) is 13.1 Å². The van der Waals surface area contributed by atoms with Gasteiger partial charge in [-0.25, -0.2) is 17.9 Å². The fourth-order valence-corrected chi connectivity index (χ4v) is 3.02. The van der Waals surface area contributed by atoms with Crippen LogP contribution in [0.4, 0.5) is 10.5 Å². The molecule has 0 aromatic heterocycles. The van der Waals surface area contributed by atoms with E-state index in [1.807, 2.05) is 30.3 Å². The molecule has 0 unspecified atom stereocenters. The smallest absolute Gasteiger partial charge is 0.319 e. The molecule has 2 aromatic carbocycles. The number of rotatable bonds is 5. The van der Waals surface area contributed by atoms with Crippen molar-refractivity contribution in [1.82, 2.24) is 10.0 Å². The van der Waals surface area contributed by atoms with E-state index in [0.29, 0.717) is 17.8 Å². The lowest BCUT2D eigenvalue weighted by Crippen LogP contribution is -2.28. The third-order valence-electron chi connectivity index (χ3n) is 3.30. The van der Waals surface area contributed by atoms with Gasteiger partial charge >= 0.3 is 6.03 Å². The number of hydrogen-bond donors (Lipinski definition) is 3. The monoisotopic (exact) mass is 333 g/mol. The largest absolute Gasteiger partial charge is 0.334 e. The van der Waals surface area contributed by atoms with Crippen LogP contribution in [0.2, 0.25) is 0 Å². The molecular formula is C16H19N3O3S. The standard InChI is InChI=1S/C16H19N3O3S/c1-12-8-9-14(10-15(12)23(21,22)17-2)19-16(20)18-11-13-6-4-3-5-7-13/h3-10,17H,11H2,1-2H3,(H2,18,19,20). The normalized spacial score (nSPS) is 11.0. The molecule has 0 spiro atoms. The molecule has 2 rings (SSSR count). The number of sulfonamides is 1. The Balaban J connectivity index is 2.05. The van der Waals surface area contributed by atoms with Crippen LogP contribution in [0.15, 0.2) is 53.4 Å². The van der Waals surface area contributed by atoms with Crippen LogP contribution < -0.4 is 15.4 Å². The lowest BCUT2D eigenvalue weighted by molar-refractivity contribution is 0.251. The summed E-state index contributed by atoms with van der Waals surface area (Å²) in [6.07, 6.45) is 0. The molecule has 23 heavy (non-hydrogen) atoms. The van der Waals surface area contributed by atoms with Gasteiger partial charge in [0.1, 0.15) is 0 Å². The average molecular weight is 333 g/mol. The van der Waals surface area contributed by atoms with Crippen LogP contribution in [0.25, 0.3) is 0 Å². The highest BCUT2D eigenvalue weighted by Gasteiger charge is 2.15. The number of benzene rings is 2. The average Bonchev–Trinajstić information content (AvgIpc) is 2.55. The van der Waals surface area contributed by atoms with Crippen molar-refractivity contribution in [3.05, 3.63) is 59.7 Å². The third-order valence-corrected chi connectivity index (χ3v) is 4.86. The molecule has 7 heteroatoms. The third kappa shape index (κ3) is 4.54. The summed E-state index contributed by atoms with van der Waals surface area (Å²) in [4.78, 5) is 12.1. The molecular weight excluding hydrogens is 314 g/mol. The fraction of sp³-hybridized carbons (Fsp3) is 0.188. The summed E-state index contributed by atoms with van der Waals surface area (Å²) in [6, 6.07) is 13.8. The summed E-state index contributed by atoms with van der Waals surface area (Å²) in [7, 11) is -2.22. The molecule has 0 bridgehead atoms.